The van der Waals surface area contributed by atoms with Gasteiger partial charge in [-0.25, -0.2) is 4.39 Å². The van der Waals surface area contributed by atoms with Crippen molar-refractivity contribution >= 4 is 5.91 Å². The summed E-state index contributed by atoms with van der Waals surface area (Å²) in [6.07, 6.45) is 2.57. The van der Waals surface area contributed by atoms with Crippen LogP contribution in [0.1, 0.15) is 37.8 Å². The number of amides is 1. The Morgan fingerprint density at radius 2 is 2.38 bits per heavy atom. The summed E-state index contributed by atoms with van der Waals surface area (Å²) in [5.41, 5.74) is 0.740. The number of hydrogen-bond donors (Lipinski definition) is 2. The first kappa shape index (κ1) is 15.8. The lowest BCUT2D eigenvalue weighted by atomic mass is 10.0. The third kappa shape index (κ3) is 4.43. The molecule has 1 aromatic rings. The number of carbonyl (C=O) groups excluding carboxylic acids is 1. The molecule has 4 nitrogen and oxygen atoms in total. The van der Waals surface area contributed by atoms with Crippen LogP contribution in [0.15, 0.2) is 18.2 Å². The van der Waals surface area contributed by atoms with Crippen molar-refractivity contribution in [3.05, 3.63) is 29.6 Å². The van der Waals surface area contributed by atoms with Gasteiger partial charge in [-0.05, 0) is 56.5 Å². The van der Waals surface area contributed by atoms with E-state index in [9.17, 15) is 9.18 Å². The summed E-state index contributed by atoms with van der Waals surface area (Å²) < 4.78 is 18.5. The molecule has 2 unspecified atom stereocenters. The molecule has 1 aliphatic rings. The van der Waals surface area contributed by atoms with Gasteiger partial charge in [-0.2, -0.15) is 0 Å². The van der Waals surface area contributed by atoms with Gasteiger partial charge < -0.3 is 15.4 Å². The molecule has 116 valence electrons. The van der Waals surface area contributed by atoms with Crippen LogP contribution in [0.5, 0.6) is 5.75 Å². The molecule has 2 atom stereocenters. The summed E-state index contributed by atoms with van der Waals surface area (Å²) in [5, 5.41) is 6.21. The number of nitrogens with one attached hydrogen (secondary N) is 2. The molecule has 2 rings (SSSR count). The highest BCUT2D eigenvalue weighted by Crippen LogP contribution is 2.22. The number of methoxy groups -OCH3 is 1. The van der Waals surface area contributed by atoms with Crippen LogP contribution < -0.4 is 15.4 Å². The van der Waals surface area contributed by atoms with Gasteiger partial charge in [0.25, 0.3) is 0 Å². The summed E-state index contributed by atoms with van der Waals surface area (Å²) in [7, 11) is 1.43. The molecule has 1 saturated heterocycles. The van der Waals surface area contributed by atoms with Crippen LogP contribution in [0.25, 0.3) is 0 Å². The molecule has 2 N–H and O–H groups in total. The molecule has 21 heavy (non-hydrogen) atoms. The fraction of sp³-hybridized carbons (Fsp3) is 0.562. The Morgan fingerprint density at radius 1 is 1.57 bits per heavy atom. The molecule has 1 heterocycles. The predicted octanol–water partition coefficient (Wildman–Crippen LogP) is 2.40. The Labute approximate surface area is 125 Å². The van der Waals surface area contributed by atoms with E-state index in [-0.39, 0.29) is 17.7 Å². The van der Waals surface area contributed by atoms with Gasteiger partial charge in [0.1, 0.15) is 0 Å². The van der Waals surface area contributed by atoms with Crippen LogP contribution in [-0.2, 0) is 4.79 Å². The van der Waals surface area contributed by atoms with Crippen LogP contribution in [0.4, 0.5) is 4.39 Å². The molecule has 0 saturated carbocycles. The highest BCUT2D eigenvalue weighted by molar-refractivity contribution is 5.76. The predicted molar refractivity (Wildman–Crippen MR) is 79.7 cm³/mol. The van der Waals surface area contributed by atoms with Gasteiger partial charge in [-0.15, -0.1) is 0 Å². The van der Waals surface area contributed by atoms with Gasteiger partial charge in [-0.3, -0.25) is 4.79 Å². The molecular weight excluding hydrogens is 271 g/mol. The number of carbonyl (C=O) groups is 1. The third-order valence-corrected chi connectivity index (χ3v) is 4.00. The summed E-state index contributed by atoms with van der Waals surface area (Å²) >= 11 is 0. The van der Waals surface area contributed by atoms with Gasteiger partial charge in [0, 0.05) is 6.42 Å². The Balaban J connectivity index is 1.83. The van der Waals surface area contributed by atoms with Crippen LogP contribution in [0, 0.1) is 11.7 Å². The van der Waals surface area contributed by atoms with Crippen molar-refractivity contribution in [1.82, 2.24) is 10.6 Å². The van der Waals surface area contributed by atoms with Crippen LogP contribution in [0.2, 0.25) is 0 Å². The van der Waals surface area contributed by atoms with Gasteiger partial charge in [0.15, 0.2) is 11.6 Å². The number of benzene rings is 1. The lowest BCUT2D eigenvalue weighted by Gasteiger charge is -2.16. The summed E-state index contributed by atoms with van der Waals surface area (Å²) in [5.74, 6) is 0.425. The quantitative estimate of drug-likeness (QED) is 0.847. The van der Waals surface area contributed by atoms with Crippen molar-refractivity contribution in [2.75, 3.05) is 20.2 Å². The molecule has 1 aromatic carbocycles. The highest BCUT2D eigenvalue weighted by Gasteiger charge is 2.17. The van der Waals surface area contributed by atoms with Gasteiger partial charge >= 0.3 is 0 Å². The van der Waals surface area contributed by atoms with E-state index in [4.69, 9.17) is 4.74 Å². The van der Waals surface area contributed by atoms with Crippen molar-refractivity contribution in [1.29, 1.82) is 0 Å². The topological polar surface area (TPSA) is 50.4 Å². The first-order chi connectivity index (χ1) is 10.1. The lowest BCUT2D eigenvalue weighted by molar-refractivity contribution is -0.122. The van der Waals surface area contributed by atoms with Crippen LogP contribution in [0.3, 0.4) is 0 Å². The smallest absolute Gasteiger partial charge is 0.220 e. The van der Waals surface area contributed by atoms with Gasteiger partial charge in [0.2, 0.25) is 5.91 Å². The van der Waals surface area contributed by atoms with Crippen molar-refractivity contribution in [2.24, 2.45) is 5.92 Å². The maximum Gasteiger partial charge on any atom is 0.220 e. The minimum Gasteiger partial charge on any atom is -0.494 e. The van der Waals surface area contributed by atoms with E-state index in [1.165, 1.54) is 13.2 Å². The molecule has 1 aliphatic heterocycles. The zero-order valence-corrected chi connectivity index (χ0v) is 12.6. The number of rotatable bonds is 6. The second-order valence-electron chi connectivity index (χ2n) is 5.58. The maximum atomic E-state index is 13.7. The number of hydrogen-bond acceptors (Lipinski definition) is 3. The Hall–Kier alpha value is -1.62. The third-order valence-electron chi connectivity index (χ3n) is 4.00. The molecule has 0 spiro atoms. The second kappa shape index (κ2) is 7.41. The van der Waals surface area contributed by atoms with E-state index < -0.39 is 5.82 Å². The van der Waals surface area contributed by atoms with E-state index in [1.54, 1.807) is 12.1 Å². The van der Waals surface area contributed by atoms with Crippen LogP contribution in [-0.4, -0.2) is 26.1 Å². The fourth-order valence-electron chi connectivity index (χ4n) is 2.65. The standard InChI is InChI=1S/C16H23FN2O2/c1-11(13-4-5-15(21-2)14(17)9-13)19-16(20)6-3-12-7-8-18-10-12/h4-5,9,11-12,18H,3,6-8,10H2,1-2H3,(H,19,20). The van der Waals surface area contributed by atoms with Crippen molar-refractivity contribution in [3.63, 3.8) is 0 Å². The molecule has 1 amide bonds. The van der Waals surface area contributed by atoms with E-state index in [0.717, 1.165) is 31.5 Å². The molecular formula is C16H23FN2O2. The molecule has 5 heteroatoms. The highest BCUT2D eigenvalue weighted by atomic mass is 19.1. The van der Waals surface area contributed by atoms with Gasteiger partial charge in [-0.1, -0.05) is 6.07 Å². The van der Waals surface area contributed by atoms with E-state index in [1.807, 2.05) is 6.92 Å². The van der Waals surface area contributed by atoms with E-state index >= 15 is 0 Å². The SMILES string of the molecule is COc1ccc(C(C)NC(=O)CCC2CCNC2)cc1F. The average molecular weight is 294 g/mol. The first-order valence-corrected chi connectivity index (χ1v) is 7.43. The van der Waals surface area contributed by atoms with Crippen molar-refractivity contribution in [3.8, 4) is 5.75 Å². The first-order valence-electron chi connectivity index (χ1n) is 7.43. The monoisotopic (exact) mass is 294 g/mol. The fourth-order valence-corrected chi connectivity index (χ4v) is 2.65. The molecule has 0 aromatic heterocycles. The van der Waals surface area contributed by atoms with Crippen molar-refractivity contribution in [2.45, 2.75) is 32.2 Å². The minimum absolute atomic E-state index is 0.0191. The lowest BCUT2D eigenvalue weighted by Crippen LogP contribution is -2.27. The zero-order valence-electron chi connectivity index (χ0n) is 12.6. The normalized spacial score (nSPS) is 19.3. The molecule has 0 bridgehead atoms. The Bertz CT molecular complexity index is 487. The second-order valence-corrected chi connectivity index (χ2v) is 5.58. The van der Waals surface area contributed by atoms with Gasteiger partial charge in [0.05, 0.1) is 13.2 Å². The minimum atomic E-state index is -0.409. The van der Waals surface area contributed by atoms with Crippen molar-refractivity contribution < 1.29 is 13.9 Å². The molecule has 0 aliphatic carbocycles. The maximum absolute atomic E-state index is 13.7. The number of halogens is 1. The summed E-state index contributed by atoms with van der Waals surface area (Å²) in [4.78, 5) is 11.9. The molecule has 1 fully saturated rings. The Morgan fingerprint density at radius 3 is 3.00 bits per heavy atom. The van der Waals surface area contributed by atoms with Crippen LogP contribution >= 0.6 is 0 Å². The Kier molecular flexibility index (Phi) is 5.56. The zero-order chi connectivity index (χ0) is 15.2. The number of ether oxygens (including phenoxy) is 1. The molecule has 0 radical (unpaired) electrons. The summed E-state index contributed by atoms with van der Waals surface area (Å²) in [6, 6.07) is 4.55. The average Bonchev–Trinajstić information content (AvgIpc) is 2.98. The summed E-state index contributed by atoms with van der Waals surface area (Å²) in [6.45, 7) is 3.91. The van der Waals surface area contributed by atoms with E-state index in [2.05, 4.69) is 10.6 Å². The largest absolute Gasteiger partial charge is 0.494 e. The van der Waals surface area contributed by atoms with E-state index in [0.29, 0.717) is 12.3 Å².